The van der Waals surface area contributed by atoms with Crippen LogP contribution in [0.2, 0.25) is 0 Å². The van der Waals surface area contributed by atoms with Crippen LogP contribution in [-0.2, 0) is 0 Å². The van der Waals surface area contributed by atoms with Crippen LogP contribution in [0, 0.1) is 0 Å². The molecule has 1 heterocycles. The summed E-state index contributed by atoms with van der Waals surface area (Å²) in [5, 5.41) is 10.1. The Balaban J connectivity index is 2.71. The molecule has 1 aromatic rings. The lowest BCUT2D eigenvalue weighted by Gasteiger charge is -2.07. The summed E-state index contributed by atoms with van der Waals surface area (Å²) in [4.78, 5) is 14.0. The van der Waals surface area contributed by atoms with E-state index >= 15 is 0 Å². The molecular weight excluding hydrogens is 162 g/mol. The molecule has 1 rings (SSSR count). The maximum absolute atomic E-state index is 10.3. The highest BCUT2D eigenvalue weighted by molar-refractivity contribution is 5.85. The van der Waals surface area contributed by atoms with E-state index in [1.807, 2.05) is 0 Å². The Kier molecular flexibility index (Phi) is 2.29. The monoisotopic (exact) mass is 171 g/mol. The maximum atomic E-state index is 10.3. The van der Waals surface area contributed by atoms with E-state index in [0.29, 0.717) is 0 Å². The van der Waals surface area contributed by atoms with Crippen LogP contribution in [0.25, 0.3) is 0 Å². The minimum absolute atomic E-state index is 0.112. The number of rotatable bonds is 3. The predicted molar refractivity (Wildman–Crippen MR) is 40.8 cm³/mol. The molecule has 0 unspecified atom stereocenters. The molecule has 0 aromatic carbocycles. The Labute approximate surface area is 68.8 Å². The molecule has 12 heavy (non-hydrogen) atoms. The van der Waals surface area contributed by atoms with E-state index in [2.05, 4.69) is 10.4 Å². The number of nitrogens with one attached hydrogen (secondary N) is 1. The zero-order valence-corrected chi connectivity index (χ0v) is 6.74. The quantitative estimate of drug-likeness (QED) is 0.635. The van der Waals surface area contributed by atoms with Gasteiger partial charge in [0.25, 0.3) is 0 Å². The summed E-state index contributed by atoms with van der Waals surface area (Å²) in [5.74, 6) is -1.11. The smallest absolute Gasteiger partial charge is 0.357 e. The van der Waals surface area contributed by atoms with Gasteiger partial charge in [0.2, 0.25) is 0 Å². The Morgan fingerprint density at radius 3 is 2.83 bits per heavy atom. The van der Waals surface area contributed by atoms with Gasteiger partial charge in [0.15, 0.2) is 5.69 Å². The minimum atomic E-state index is -1.11. The van der Waals surface area contributed by atoms with Crippen molar-refractivity contribution in [1.82, 2.24) is 9.99 Å². The van der Waals surface area contributed by atoms with Crippen molar-refractivity contribution in [2.45, 2.75) is 0 Å². The summed E-state index contributed by atoms with van der Waals surface area (Å²) >= 11 is 0. The number of anilines is 1. The van der Waals surface area contributed by atoms with Crippen molar-refractivity contribution < 1.29 is 14.3 Å². The molecule has 0 atom stereocenters. The van der Waals surface area contributed by atoms with Gasteiger partial charge in [-0.2, -0.15) is 4.98 Å². The Morgan fingerprint density at radius 2 is 2.42 bits per heavy atom. The Bertz CT molecular complexity index is 281. The molecule has 0 aliphatic rings. The van der Waals surface area contributed by atoms with Crippen molar-refractivity contribution in [2.75, 3.05) is 19.5 Å². The van der Waals surface area contributed by atoms with Gasteiger partial charge in [-0.25, -0.2) is 9.80 Å². The van der Waals surface area contributed by atoms with Gasteiger partial charge in [0.1, 0.15) is 6.26 Å². The number of aromatic carboxylic acids is 1. The normalized spacial score (nSPS) is 10.2. The van der Waals surface area contributed by atoms with Crippen LogP contribution in [0.5, 0.6) is 0 Å². The number of nitrogens with zero attached hydrogens (tertiary/aromatic N) is 2. The van der Waals surface area contributed by atoms with Gasteiger partial charge < -0.3 is 9.52 Å². The van der Waals surface area contributed by atoms with Crippen LogP contribution in [0.4, 0.5) is 6.01 Å². The number of hydrazine groups is 1. The Hall–Kier alpha value is -1.56. The molecule has 66 valence electrons. The van der Waals surface area contributed by atoms with E-state index in [4.69, 9.17) is 9.52 Å². The second kappa shape index (κ2) is 3.22. The molecule has 1 aromatic heterocycles. The summed E-state index contributed by atoms with van der Waals surface area (Å²) in [6.45, 7) is 0. The van der Waals surface area contributed by atoms with Crippen molar-refractivity contribution in [3.8, 4) is 0 Å². The van der Waals surface area contributed by atoms with Gasteiger partial charge in [-0.15, -0.1) is 0 Å². The summed E-state index contributed by atoms with van der Waals surface area (Å²) in [5.41, 5.74) is 2.56. The van der Waals surface area contributed by atoms with E-state index in [1.165, 1.54) is 0 Å². The number of aromatic nitrogens is 1. The average molecular weight is 171 g/mol. The van der Waals surface area contributed by atoms with Gasteiger partial charge in [0, 0.05) is 14.1 Å². The molecule has 6 heteroatoms. The first-order chi connectivity index (χ1) is 5.59. The first-order valence-electron chi connectivity index (χ1n) is 3.22. The predicted octanol–water partition coefficient (Wildman–Crippen LogP) is 0.261. The zero-order chi connectivity index (χ0) is 9.14. The number of carbonyl (C=O) groups is 1. The van der Waals surface area contributed by atoms with E-state index in [1.54, 1.807) is 19.1 Å². The Morgan fingerprint density at radius 1 is 1.75 bits per heavy atom. The molecule has 0 bridgehead atoms. The third-order valence-corrected chi connectivity index (χ3v) is 1.04. The fourth-order valence-electron chi connectivity index (χ4n) is 0.615. The molecule has 0 spiro atoms. The highest BCUT2D eigenvalue weighted by Crippen LogP contribution is 2.06. The fraction of sp³-hybridized carbons (Fsp3) is 0.333. The first-order valence-corrected chi connectivity index (χ1v) is 3.22. The number of carboxylic acids is 1. The lowest BCUT2D eigenvalue weighted by atomic mass is 10.5. The minimum Gasteiger partial charge on any atom is -0.476 e. The first kappa shape index (κ1) is 8.54. The van der Waals surface area contributed by atoms with E-state index in [9.17, 15) is 4.79 Å². The molecule has 0 saturated carbocycles. The van der Waals surface area contributed by atoms with Crippen molar-refractivity contribution in [2.24, 2.45) is 0 Å². The van der Waals surface area contributed by atoms with Gasteiger partial charge in [-0.1, -0.05) is 0 Å². The standard InChI is InChI=1S/C6H9N3O3/c1-9(2)8-6-7-4(3-12-6)5(10)11/h3H,1-2H3,(H,7,8)(H,10,11). The molecule has 0 saturated heterocycles. The average Bonchev–Trinajstić information content (AvgIpc) is 2.34. The topological polar surface area (TPSA) is 78.6 Å². The highest BCUT2D eigenvalue weighted by atomic mass is 16.4. The molecular formula is C6H9N3O3. The lowest BCUT2D eigenvalue weighted by molar-refractivity contribution is 0.0690. The number of oxazole rings is 1. The second-order valence-corrected chi connectivity index (χ2v) is 2.35. The van der Waals surface area contributed by atoms with Crippen LogP contribution < -0.4 is 5.43 Å². The summed E-state index contributed by atoms with van der Waals surface area (Å²) in [6.07, 6.45) is 1.08. The van der Waals surface area contributed by atoms with Crippen molar-refractivity contribution >= 4 is 12.0 Å². The van der Waals surface area contributed by atoms with Crippen LogP contribution in [0.15, 0.2) is 10.7 Å². The van der Waals surface area contributed by atoms with Crippen molar-refractivity contribution in [1.29, 1.82) is 0 Å². The molecule has 0 fully saturated rings. The lowest BCUT2D eigenvalue weighted by Crippen LogP contribution is -2.19. The zero-order valence-electron chi connectivity index (χ0n) is 6.74. The third-order valence-electron chi connectivity index (χ3n) is 1.04. The molecule has 0 radical (unpaired) electrons. The SMILES string of the molecule is CN(C)Nc1nc(C(=O)O)co1. The largest absolute Gasteiger partial charge is 0.476 e. The molecule has 6 nitrogen and oxygen atoms in total. The van der Waals surface area contributed by atoms with Gasteiger partial charge >= 0.3 is 12.0 Å². The molecule has 0 amide bonds. The molecule has 0 aliphatic carbocycles. The van der Waals surface area contributed by atoms with E-state index in [0.717, 1.165) is 6.26 Å². The number of hydrogen-bond donors (Lipinski definition) is 2. The highest BCUT2D eigenvalue weighted by Gasteiger charge is 2.09. The maximum Gasteiger partial charge on any atom is 0.357 e. The van der Waals surface area contributed by atoms with Gasteiger partial charge in [0.05, 0.1) is 0 Å². The van der Waals surface area contributed by atoms with E-state index in [-0.39, 0.29) is 11.7 Å². The number of carboxylic acid groups (broad SMARTS) is 1. The third kappa shape index (κ3) is 1.96. The van der Waals surface area contributed by atoms with Crippen molar-refractivity contribution in [3.05, 3.63) is 12.0 Å². The summed E-state index contributed by atoms with van der Waals surface area (Å²) < 4.78 is 4.79. The number of hydrogen-bond acceptors (Lipinski definition) is 5. The van der Waals surface area contributed by atoms with Crippen LogP contribution in [0.3, 0.4) is 0 Å². The van der Waals surface area contributed by atoms with Crippen LogP contribution in [-0.4, -0.2) is 35.2 Å². The van der Waals surface area contributed by atoms with Gasteiger partial charge in [-0.3, -0.25) is 5.43 Å². The molecule has 0 aliphatic heterocycles. The van der Waals surface area contributed by atoms with Crippen LogP contribution in [0.1, 0.15) is 10.5 Å². The van der Waals surface area contributed by atoms with Crippen molar-refractivity contribution in [3.63, 3.8) is 0 Å². The summed E-state index contributed by atoms with van der Waals surface area (Å²) in [7, 11) is 3.48. The summed E-state index contributed by atoms with van der Waals surface area (Å²) in [6, 6.07) is 0.164. The van der Waals surface area contributed by atoms with E-state index < -0.39 is 5.97 Å². The second-order valence-electron chi connectivity index (χ2n) is 2.35. The van der Waals surface area contributed by atoms with Crippen LogP contribution >= 0.6 is 0 Å². The molecule has 2 N–H and O–H groups in total. The fourth-order valence-corrected chi connectivity index (χ4v) is 0.615. The van der Waals surface area contributed by atoms with Gasteiger partial charge in [-0.05, 0) is 0 Å².